The normalized spacial score (nSPS) is 25.2. The minimum Gasteiger partial charge on any atom is -0.456 e. The van der Waals surface area contributed by atoms with E-state index in [-0.39, 0.29) is 15.6 Å². The fourth-order valence-electron chi connectivity index (χ4n) is 3.81. The number of aromatic amines is 1. The molecule has 6 atom stereocenters. The van der Waals surface area contributed by atoms with Gasteiger partial charge in [-0.2, -0.15) is 0 Å². The number of aliphatic hydroxyl groups excluding tert-OH is 1. The zero-order valence-corrected chi connectivity index (χ0v) is 21.0. The van der Waals surface area contributed by atoms with Crippen LogP contribution in [-0.4, -0.2) is 51.7 Å². The Morgan fingerprint density at radius 2 is 2.20 bits per heavy atom. The third kappa shape index (κ3) is 7.19. The van der Waals surface area contributed by atoms with Crippen molar-refractivity contribution in [2.45, 2.75) is 56.9 Å². The number of nitrogens with zero attached hydrogens (tertiary/aromatic N) is 1. The van der Waals surface area contributed by atoms with E-state index in [4.69, 9.17) is 25.6 Å². The van der Waals surface area contributed by atoms with E-state index in [1.54, 1.807) is 18.2 Å². The van der Waals surface area contributed by atoms with Gasteiger partial charge in [-0.1, -0.05) is 23.7 Å². The van der Waals surface area contributed by atoms with Gasteiger partial charge in [0, 0.05) is 30.8 Å². The molecule has 1 aromatic carbocycles. The highest BCUT2D eigenvalue weighted by Crippen LogP contribution is 2.42. The molecule has 1 saturated heterocycles. The van der Waals surface area contributed by atoms with E-state index in [1.807, 2.05) is 11.1 Å². The van der Waals surface area contributed by atoms with Crippen molar-refractivity contribution < 1.29 is 28.3 Å². The van der Waals surface area contributed by atoms with Gasteiger partial charge in [-0.3, -0.25) is 24.2 Å². The molecule has 3 rings (SSSR count). The van der Waals surface area contributed by atoms with E-state index < -0.39 is 47.4 Å². The Morgan fingerprint density at radius 3 is 2.89 bits per heavy atom. The Bertz CT molecular complexity index is 1130. The highest BCUT2D eigenvalue weighted by molar-refractivity contribution is 7.29. The molecule has 1 fully saturated rings. The number of halogens is 2. The van der Waals surface area contributed by atoms with Crippen LogP contribution in [0.1, 0.15) is 44.6 Å². The lowest BCUT2D eigenvalue weighted by atomic mass is 9.98. The number of aliphatic hydroxyl groups is 1. The number of esters is 1. The molecule has 192 valence electrons. The molecule has 1 aliphatic rings. The lowest BCUT2D eigenvalue weighted by Gasteiger charge is -2.27. The van der Waals surface area contributed by atoms with Gasteiger partial charge in [0.1, 0.15) is 6.10 Å². The molecule has 0 spiro atoms. The Kier molecular flexibility index (Phi) is 9.57. The molecule has 0 radical (unpaired) electrons. The average Bonchev–Trinajstić information content (AvgIpc) is 3.02. The first-order valence-electron chi connectivity index (χ1n) is 11.0. The van der Waals surface area contributed by atoms with Gasteiger partial charge in [0.25, 0.3) is 5.56 Å². The van der Waals surface area contributed by atoms with Crippen LogP contribution in [-0.2, 0) is 18.8 Å². The number of aromatic nitrogens is 2. The van der Waals surface area contributed by atoms with E-state index in [9.17, 15) is 19.5 Å². The molecular weight excluding hydrogens is 504 g/mol. The van der Waals surface area contributed by atoms with Crippen molar-refractivity contribution in [3.8, 4) is 0 Å². The number of carbonyl (C=O) groups is 1. The van der Waals surface area contributed by atoms with Crippen molar-refractivity contribution in [2.75, 3.05) is 13.2 Å². The second-order valence-corrected chi connectivity index (χ2v) is 9.56. The van der Waals surface area contributed by atoms with Crippen LogP contribution in [0.15, 0.2) is 46.1 Å². The molecular formula is C22H28ClFN3O7P. The van der Waals surface area contributed by atoms with Crippen molar-refractivity contribution in [1.82, 2.24) is 14.6 Å². The highest BCUT2D eigenvalue weighted by atomic mass is 35.5. The third-order valence-electron chi connectivity index (χ3n) is 5.48. The number of rotatable bonds is 11. The fourth-order valence-corrected chi connectivity index (χ4v) is 4.64. The van der Waals surface area contributed by atoms with Crippen molar-refractivity contribution >= 4 is 26.5 Å². The summed E-state index contributed by atoms with van der Waals surface area (Å²) in [5, 5.41) is 13.9. The van der Waals surface area contributed by atoms with Gasteiger partial charge < -0.3 is 19.1 Å². The molecule has 0 bridgehead atoms. The summed E-state index contributed by atoms with van der Waals surface area (Å²) in [7, 11) is -0.163. The van der Waals surface area contributed by atoms with Crippen LogP contribution in [0.4, 0.5) is 4.39 Å². The molecule has 13 heteroatoms. The van der Waals surface area contributed by atoms with E-state index >= 15 is 4.39 Å². The molecule has 0 aliphatic carbocycles. The topological polar surface area (TPSA) is 132 Å². The van der Waals surface area contributed by atoms with E-state index in [2.05, 4.69) is 5.09 Å². The predicted octanol–water partition coefficient (Wildman–Crippen LogP) is 2.38. The maximum absolute atomic E-state index is 15.7. The van der Waals surface area contributed by atoms with Crippen molar-refractivity contribution in [1.29, 1.82) is 0 Å². The van der Waals surface area contributed by atoms with Gasteiger partial charge in [-0.25, -0.2) is 9.18 Å². The van der Waals surface area contributed by atoms with E-state index in [0.717, 1.165) is 36.2 Å². The van der Waals surface area contributed by atoms with Crippen molar-refractivity contribution in [3.63, 3.8) is 0 Å². The predicted molar refractivity (Wildman–Crippen MR) is 128 cm³/mol. The molecule has 35 heavy (non-hydrogen) atoms. The summed E-state index contributed by atoms with van der Waals surface area (Å²) in [5.74, 6) is -0.708. The number of H-pyrrole nitrogens is 1. The molecule has 2 heterocycles. The molecule has 1 aliphatic heterocycles. The van der Waals surface area contributed by atoms with E-state index in [0.29, 0.717) is 24.4 Å². The Hall–Kier alpha value is -2.14. The van der Waals surface area contributed by atoms with Crippen LogP contribution >= 0.6 is 20.6 Å². The summed E-state index contributed by atoms with van der Waals surface area (Å²) in [5.41, 5.74) is -3.00. The first-order valence-corrected chi connectivity index (χ1v) is 12.2. The molecule has 1 aromatic heterocycles. The standard InChI is InChI=1S/C22H28ClFN3O7P/c1-13(28)33-19-17(34-20(22(19,2)24)27-10-8-18(30)26-21(27)31)12-32-35-25-9-4-7-16(29)14-5-3-6-15(23)11-14/h3,5-6,8,10-11,16-17,19-20,25,29,35H,4,7,9,12H2,1-2H3,(H,26,30,31)/t16?,17-,19-,20-,22-/m1/s1. The molecule has 3 N–H and O–H groups in total. The van der Waals surface area contributed by atoms with Gasteiger partial charge in [0.05, 0.1) is 21.7 Å². The number of nitrogens with one attached hydrogen (secondary N) is 2. The summed E-state index contributed by atoms with van der Waals surface area (Å²) in [6.07, 6.45) is -2.08. The maximum atomic E-state index is 15.7. The summed E-state index contributed by atoms with van der Waals surface area (Å²) in [6.45, 7) is 2.76. The quantitative estimate of drug-likeness (QED) is 0.229. The number of benzene rings is 1. The lowest BCUT2D eigenvalue weighted by Crippen LogP contribution is -2.45. The summed E-state index contributed by atoms with van der Waals surface area (Å²) >= 11 is 5.94. The second kappa shape index (κ2) is 12.2. The third-order valence-corrected chi connectivity index (χ3v) is 6.42. The van der Waals surface area contributed by atoms with Crippen molar-refractivity contribution in [3.05, 3.63) is 68.0 Å². The zero-order chi connectivity index (χ0) is 25.6. The second-order valence-electron chi connectivity index (χ2n) is 8.28. The first kappa shape index (κ1) is 27.4. The van der Waals surface area contributed by atoms with E-state index in [1.165, 1.54) is 0 Å². The van der Waals surface area contributed by atoms with Crippen LogP contribution in [0.5, 0.6) is 0 Å². The summed E-state index contributed by atoms with van der Waals surface area (Å²) in [6, 6.07) is 8.12. The average molecular weight is 532 g/mol. The van der Waals surface area contributed by atoms with Crippen molar-refractivity contribution in [2.24, 2.45) is 0 Å². The number of alkyl halides is 1. The van der Waals surface area contributed by atoms with Crippen LogP contribution in [0.3, 0.4) is 0 Å². The number of carbonyl (C=O) groups excluding carboxylic acids is 1. The number of ether oxygens (including phenoxy) is 2. The van der Waals surface area contributed by atoms with Gasteiger partial charge in [-0.15, -0.1) is 0 Å². The van der Waals surface area contributed by atoms with Crippen LogP contribution in [0.2, 0.25) is 5.02 Å². The summed E-state index contributed by atoms with van der Waals surface area (Å²) < 4.78 is 33.0. The molecule has 10 nitrogen and oxygen atoms in total. The minimum absolute atomic E-state index is 0.108. The number of hydrogen-bond donors (Lipinski definition) is 3. The summed E-state index contributed by atoms with van der Waals surface area (Å²) in [4.78, 5) is 37.1. The Balaban J connectivity index is 1.50. The van der Waals surface area contributed by atoms with Gasteiger partial charge in [0.2, 0.25) is 0 Å². The van der Waals surface area contributed by atoms with Crippen LogP contribution < -0.4 is 16.3 Å². The minimum atomic E-state index is -2.27. The lowest BCUT2D eigenvalue weighted by molar-refractivity contribution is -0.155. The van der Waals surface area contributed by atoms with Gasteiger partial charge in [0.15, 0.2) is 18.0 Å². The first-order chi connectivity index (χ1) is 16.6. The molecule has 0 saturated carbocycles. The number of hydrogen-bond acceptors (Lipinski definition) is 8. The molecule has 0 amide bonds. The Morgan fingerprint density at radius 1 is 1.43 bits per heavy atom. The maximum Gasteiger partial charge on any atom is 0.330 e. The smallest absolute Gasteiger partial charge is 0.330 e. The largest absolute Gasteiger partial charge is 0.456 e. The monoisotopic (exact) mass is 531 g/mol. The molecule has 2 unspecified atom stereocenters. The van der Waals surface area contributed by atoms with Crippen LogP contribution in [0, 0.1) is 0 Å². The fraction of sp³-hybridized carbons (Fsp3) is 0.500. The SMILES string of the molecule is CC(=O)O[C@@H]1[C@@H](COPNCCCC(O)c2cccc(Cl)c2)O[C@@H](n2ccc(=O)[nH]c2=O)[C@]1(C)F. The van der Waals surface area contributed by atoms with Crippen LogP contribution in [0.25, 0.3) is 0 Å². The zero-order valence-electron chi connectivity index (χ0n) is 19.2. The molecule has 2 aromatic rings. The highest BCUT2D eigenvalue weighted by Gasteiger charge is 2.58. The van der Waals surface area contributed by atoms with Gasteiger partial charge in [-0.05, 0) is 37.5 Å². The van der Waals surface area contributed by atoms with Gasteiger partial charge >= 0.3 is 11.7 Å². The Labute approximate surface area is 207 Å².